The number of rotatable bonds is 3. The molecule has 0 spiro atoms. The topological polar surface area (TPSA) is 72.3 Å². The second-order valence-corrected chi connectivity index (χ2v) is 2.32. The summed E-state index contributed by atoms with van der Waals surface area (Å²) in [6.07, 6.45) is 0.605. The third kappa shape index (κ3) is 2.37. The molecule has 1 atom stereocenters. The molecule has 0 aromatic carbocycles. The first kappa shape index (κ1) is 9.46. The molecule has 60 valence electrons. The molecule has 0 aromatic rings. The summed E-state index contributed by atoms with van der Waals surface area (Å²) in [5.41, 5.74) is 11.6. The maximum Gasteiger partial charge on any atom is 0.0940 e. The molecule has 0 amide bonds. The van der Waals surface area contributed by atoms with Crippen molar-refractivity contribution in [1.82, 2.24) is 0 Å². The van der Waals surface area contributed by atoms with Crippen LogP contribution in [-0.2, 0) is 0 Å². The van der Waals surface area contributed by atoms with Gasteiger partial charge in [0, 0.05) is 19.0 Å². The number of hydrogen-bond donors (Lipinski definition) is 3. The predicted octanol–water partition coefficient (Wildman–Crippen LogP) is 0.514. The van der Waals surface area contributed by atoms with Crippen molar-refractivity contribution in [3.63, 3.8) is 0 Å². The summed E-state index contributed by atoms with van der Waals surface area (Å²) in [4.78, 5) is 0. The average molecular weight is 144 g/mol. The van der Waals surface area contributed by atoms with E-state index in [1.807, 2.05) is 13.8 Å². The SMILES string of the molecule is CC/C(O)=C(\CN)C(C)N. The highest BCUT2D eigenvalue weighted by Crippen LogP contribution is 2.06. The Labute approximate surface area is 61.7 Å². The third-order valence-electron chi connectivity index (χ3n) is 1.48. The van der Waals surface area contributed by atoms with Gasteiger partial charge in [0.25, 0.3) is 0 Å². The van der Waals surface area contributed by atoms with Crippen LogP contribution in [-0.4, -0.2) is 17.7 Å². The van der Waals surface area contributed by atoms with Crippen LogP contribution >= 0.6 is 0 Å². The molecule has 3 heteroatoms. The molecule has 5 N–H and O–H groups in total. The Hall–Kier alpha value is -0.540. The molecule has 0 aliphatic heterocycles. The molecule has 0 rings (SSSR count). The lowest BCUT2D eigenvalue weighted by Crippen LogP contribution is -2.25. The van der Waals surface area contributed by atoms with Gasteiger partial charge in [0.1, 0.15) is 0 Å². The fourth-order valence-corrected chi connectivity index (χ4v) is 0.794. The molecule has 1 unspecified atom stereocenters. The van der Waals surface area contributed by atoms with Crippen molar-refractivity contribution >= 4 is 0 Å². The Bertz CT molecular complexity index is 130. The van der Waals surface area contributed by atoms with Crippen LogP contribution in [0.15, 0.2) is 11.3 Å². The zero-order valence-electron chi connectivity index (χ0n) is 6.59. The molecule has 0 aliphatic rings. The lowest BCUT2D eigenvalue weighted by molar-refractivity contribution is 0.381. The van der Waals surface area contributed by atoms with Crippen LogP contribution < -0.4 is 11.5 Å². The van der Waals surface area contributed by atoms with Gasteiger partial charge in [0.05, 0.1) is 5.76 Å². The number of nitrogens with two attached hydrogens (primary N) is 2. The van der Waals surface area contributed by atoms with Crippen LogP contribution in [0.1, 0.15) is 20.3 Å². The van der Waals surface area contributed by atoms with E-state index >= 15 is 0 Å². The maximum atomic E-state index is 9.21. The van der Waals surface area contributed by atoms with Gasteiger partial charge in [0.15, 0.2) is 0 Å². The molecular weight excluding hydrogens is 128 g/mol. The summed E-state index contributed by atoms with van der Waals surface area (Å²) in [5, 5.41) is 9.21. The Balaban J connectivity index is 4.29. The molecule has 0 aliphatic carbocycles. The van der Waals surface area contributed by atoms with E-state index in [2.05, 4.69) is 0 Å². The van der Waals surface area contributed by atoms with Gasteiger partial charge < -0.3 is 16.6 Å². The van der Waals surface area contributed by atoms with E-state index in [-0.39, 0.29) is 6.04 Å². The predicted molar refractivity (Wildman–Crippen MR) is 42.6 cm³/mol. The van der Waals surface area contributed by atoms with Crippen molar-refractivity contribution in [1.29, 1.82) is 0 Å². The molecule has 0 fully saturated rings. The lowest BCUT2D eigenvalue weighted by Gasteiger charge is -2.10. The number of allylic oxidation sites excluding steroid dienone is 1. The summed E-state index contributed by atoms with van der Waals surface area (Å²) in [5.74, 6) is 0.331. The van der Waals surface area contributed by atoms with Crippen molar-refractivity contribution in [2.75, 3.05) is 6.54 Å². The molecule has 0 heterocycles. The first-order chi connectivity index (χ1) is 4.63. The van der Waals surface area contributed by atoms with Gasteiger partial charge in [-0.25, -0.2) is 0 Å². The number of aliphatic hydroxyl groups excluding tert-OH is 1. The zero-order chi connectivity index (χ0) is 8.15. The Morgan fingerprint density at radius 2 is 2.10 bits per heavy atom. The van der Waals surface area contributed by atoms with Gasteiger partial charge in [-0.05, 0) is 12.5 Å². The largest absolute Gasteiger partial charge is 0.512 e. The van der Waals surface area contributed by atoms with Gasteiger partial charge in [0.2, 0.25) is 0 Å². The fourth-order valence-electron chi connectivity index (χ4n) is 0.794. The van der Waals surface area contributed by atoms with Gasteiger partial charge >= 0.3 is 0 Å². The second kappa shape index (κ2) is 4.30. The van der Waals surface area contributed by atoms with Crippen LogP contribution in [0.5, 0.6) is 0 Å². The van der Waals surface area contributed by atoms with Crippen molar-refractivity contribution in [3.8, 4) is 0 Å². The molecule has 10 heavy (non-hydrogen) atoms. The van der Waals surface area contributed by atoms with Crippen LogP contribution in [0.4, 0.5) is 0 Å². The summed E-state index contributed by atoms with van der Waals surface area (Å²) in [7, 11) is 0. The minimum absolute atomic E-state index is 0.134. The smallest absolute Gasteiger partial charge is 0.0940 e. The minimum atomic E-state index is -0.134. The first-order valence-electron chi connectivity index (χ1n) is 3.50. The van der Waals surface area contributed by atoms with Gasteiger partial charge in [-0.1, -0.05) is 6.92 Å². The average Bonchev–Trinajstić information content (AvgIpc) is 1.88. The van der Waals surface area contributed by atoms with Crippen LogP contribution in [0.25, 0.3) is 0 Å². The second-order valence-electron chi connectivity index (χ2n) is 2.32. The van der Waals surface area contributed by atoms with E-state index in [1.54, 1.807) is 0 Å². The quantitative estimate of drug-likeness (QED) is 0.505. The number of aliphatic hydroxyl groups is 1. The van der Waals surface area contributed by atoms with Crippen LogP contribution in [0.3, 0.4) is 0 Å². The maximum absolute atomic E-state index is 9.21. The molecule has 0 radical (unpaired) electrons. The normalized spacial score (nSPS) is 16.4. The molecule has 0 saturated heterocycles. The first-order valence-corrected chi connectivity index (χ1v) is 3.50. The van der Waals surface area contributed by atoms with E-state index < -0.39 is 0 Å². The van der Waals surface area contributed by atoms with E-state index in [0.717, 1.165) is 5.57 Å². The highest BCUT2D eigenvalue weighted by molar-refractivity contribution is 5.14. The van der Waals surface area contributed by atoms with E-state index in [9.17, 15) is 5.11 Å². The van der Waals surface area contributed by atoms with Crippen LogP contribution in [0.2, 0.25) is 0 Å². The summed E-state index contributed by atoms with van der Waals surface area (Å²) >= 11 is 0. The van der Waals surface area contributed by atoms with Crippen LogP contribution in [0, 0.1) is 0 Å². The lowest BCUT2D eigenvalue weighted by atomic mass is 10.1. The minimum Gasteiger partial charge on any atom is -0.512 e. The van der Waals surface area contributed by atoms with Crippen molar-refractivity contribution in [3.05, 3.63) is 11.3 Å². The Kier molecular flexibility index (Phi) is 4.07. The monoisotopic (exact) mass is 144 g/mol. The van der Waals surface area contributed by atoms with Crippen molar-refractivity contribution in [2.45, 2.75) is 26.3 Å². The van der Waals surface area contributed by atoms with Crippen molar-refractivity contribution < 1.29 is 5.11 Å². The molecular formula is C7H16N2O. The summed E-state index contributed by atoms with van der Waals surface area (Å²) < 4.78 is 0. The summed E-state index contributed by atoms with van der Waals surface area (Å²) in [6.45, 7) is 4.03. The molecule has 0 aromatic heterocycles. The van der Waals surface area contributed by atoms with E-state index in [4.69, 9.17) is 11.5 Å². The third-order valence-corrected chi connectivity index (χ3v) is 1.48. The standard InChI is InChI=1S/C7H16N2O/c1-3-7(10)6(4-8)5(2)9/h5,10H,3-4,8-9H2,1-2H3/b7-6-. The van der Waals surface area contributed by atoms with E-state index in [1.165, 1.54) is 0 Å². The highest BCUT2D eigenvalue weighted by atomic mass is 16.3. The van der Waals surface area contributed by atoms with Crippen molar-refractivity contribution in [2.24, 2.45) is 11.5 Å². The van der Waals surface area contributed by atoms with Gasteiger partial charge in [-0.3, -0.25) is 0 Å². The Morgan fingerprint density at radius 1 is 1.60 bits per heavy atom. The molecule has 0 saturated carbocycles. The molecule has 0 bridgehead atoms. The zero-order valence-corrected chi connectivity index (χ0v) is 6.59. The van der Waals surface area contributed by atoms with Gasteiger partial charge in [-0.15, -0.1) is 0 Å². The fraction of sp³-hybridized carbons (Fsp3) is 0.714. The highest BCUT2D eigenvalue weighted by Gasteiger charge is 2.05. The Morgan fingerprint density at radius 3 is 2.20 bits per heavy atom. The summed E-state index contributed by atoms with van der Waals surface area (Å²) in [6, 6.07) is -0.134. The van der Waals surface area contributed by atoms with E-state index in [0.29, 0.717) is 18.7 Å². The molecule has 3 nitrogen and oxygen atoms in total. The van der Waals surface area contributed by atoms with Gasteiger partial charge in [-0.2, -0.15) is 0 Å². The number of hydrogen-bond acceptors (Lipinski definition) is 3.